The van der Waals surface area contributed by atoms with E-state index in [1.807, 2.05) is 11.8 Å². The van der Waals surface area contributed by atoms with Crippen LogP contribution in [0.4, 0.5) is 10.1 Å². The Bertz CT molecular complexity index is 1060. The third kappa shape index (κ3) is 3.26. The maximum Gasteiger partial charge on any atom is 0.354 e. The highest BCUT2D eigenvalue weighted by molar-refractivity contribution is 5.85. The summed E-state index contributed by atoms with van der Waals surface area (Å²) in [6, 6.07) is -0.0244. The van der Waals surface area contributed by atoms with Gasteiger partial charge in [0.2, 0.25) is 0 Å². The number of aromatic nitrogens is 2. The highest BCUT2D eigenvalue weighted by Gasteiger charge is 2.37. The average Bonchev–Trinajstić information content (AvgIpc) is 3.40. The number of hydrogen-bond acceptors (Lipinski definition) is 6. The Labute approximate surface area is 173 Å². The normalized spacial score (nSPS) is 22.6. The molecular formula is C19H27ClFN5O3. The van der Waals surface area contributed by atoms with Gasteiger partial charge in [0.05, 0.1) is 18.9 Å². The van der Waals surface area contributed by atoms with Crippen LogP contribution in [0.15, 0.2) is 15.8 Å². The number of methoxy groups -OCH3 is 1. The van der Waals surface area contributed by atoms with E-state index in [1.54, 1.807) is 0 Å². The van der Waals surface area contributed by atoms with Crippen LogP contribution >= 0.6 is 12.4 Å². The molecule has 0 amide bonds. The SMILES string of the molecule is COc1c(N2CC(C)C(C(C)N)C2)c(F)cn2c(=O)n(N)c(=O)c(C3CC3)c12.Cl. The molecule has 4 rings (SSSR count). The minimum Gasteiger partial charge on any atom is -0.492 e. The van der Waals surface area contributed by atoms with Crippen LogP contribution in [0.1, 0.15) is 38.2 Å². The van der Waals surface area contributed by atoms with E-state index in [2.05, 4.69) is 6.92 Å². The molecule has 1 aliphatic carbocycles. The monoisotopic (exact) mass is 427 g/mol. The van der Waals surface area contributed by atoms with Crippen molar-refractivity contribution < 1.29 is 9.13 Å². The second kappa shape index (κ2) is 7.53. The number of pyridine rings is 1. The van der Waals surface area contributed by atoms with Crippen LogP contribution in [0.3, 0.4) is 0 Å². The first-order valence-corrected chi connectivity index (χ1v) is 9.59. The largest absolute Gasteiger partial charge is 0.492 e. The molecule has 3 atom stereocenters. The van der Waals surface area contributed by atoms with E-state index >= 15 is 4.39 Å². The van der Waals surface area contributed by atoms with Crippen molar-refractivity contribution >= 4 is 23.6 Å². The summed E-state index contributed by atoms with van der Waals surface area (Å²) in [5, 5.41) is 0. The lowest BCUT2D eigenvalue weighted by Gasteiger charge is -2.24. The van der Waals surface area contributed by atoms with Gasteiger partial charge in [-0.15, -0.1) is 12.4 Å². The van der Waals surface area contributed by atoms with Crippen molar-refractivity contribution in [1.82, 2.24) is 9.08 Å². The van der Waals surface area contributed by atoms with Gasteiger partial charge < -0.3 is 21.2 Å². The zero-order chi connectivity index (χ0) is 20.3. The molecule has 4 N–H and O–H groups in total. The summed E-state index contributed by atoms with van der Waals surface area (Å²) < 4.78 is 22.4. The third-order valence-corrected chi connectivity index (χ3v) is 6.11. The first kappa shape index (κ1) is 21.4. The van der Waals surface area contributed by atoms with Gasteiger partial charge in [0.25, 0.3) is 5.56 Å². The molecule has 0 bridgehead atoms. The van der Waals surface area contributed by atoms with Gasteiger partial charge in [-0.25, -0.2) is 9.18 Å². The number of fused-ring (bicyclic) bond motifs is 1. The van der Waals surface area contributed by atoms with Crippen molar-refractivity contribution in [3.63, 3.8) is 0 Å². The van der Waals surface area contributed by atoms with Crippen molar-refractivity contribution in [1.29, 1.82) is 0 Å². The quantitative estimate of drug-likeness (QED) is 0.706. The fourth-order valence-electron chi connectivity index (χ4n) is 4.49. The summed E-state index contributed by atoms with van der Waals surface area (Å²) in [7, 11) is 1.43. The number of ether oxygens (including phenoxy) is 1. The molecule has 10 heteroatoms. The van der Waals surface area contributed by atoms with E-state index in [0.29, 0.717) is 28.8 Å². The molecule has 3 heterocycles. The Morgan fingerprint density at radius 1 is 1.28 bits per heavy atom. The lowest BCUT2D eigenvalue weighted by atomic mass is 9.92. The Morgan fingerprint density at radius 2 is 1.93 bits per heavy atom. The number of nitrogen functional groups attached to an aromatic ring is 1. The molecular weight excluding hydrogens is 401 g/mol. The van der Waals surface area contributed by atoms with Gasteiger partial charge in [-0.3, -0.25) is 9.20 Å². The topological polar surface area (TPSA) is 108 Å². The Morgan fingerprint density at radius 3 is 2.45 bits per heavy atom. The van der Waals surface area contributed by atoms with Crippen LogP contribution in [0.2, 0.25) is 0 Å². The minimum atomic E-state index is -0.795. The number of nitrogens with zero attached hydrogens (tertiary/aromatic N) is 3. The summed E-state index contributed by atoms with van der Waals surface area (Å²) in [5.41, 5.74) is 5.76. The first-order valence-electron chi connectivity index (χ1n) is 9.59. The van der Waals surface area contributed by atoms with E-state index < -0.39 is 17.1 Å². The van der Waals surface area contributed by atoms with Crippen molar-refractivity contribution in [2.75, 3.05) is 30.9 Å². The molecule has 2 aromatic rings. The molecule has 0 spiro atoms. The van der Waals surface area contributed by atoms with Crippen molar-refractivity contribution in [2.45, 2.75) is 38.6 Å². The van der Waals surface area contributed by atoms with Crippen LogP contribution in [-0.2, 0) is 0 Å². The number of nitrogens with two attached hydrogens (primary N) is 2. The van der Waals surface area contributed by atoms with Crippen molar-refractivity contribution in [3.05, 3.63) is 38.4 Å². The van der Waals surface area contributed by atoms with Gasteiger partial charge in [0.1, 0.15) is 11.2 Å². The fourth-order valence-corrected chi connectivity index (χ4v) is 4.49. The molecule has 0 aromatic carbocycles. The number of hydrogen-bond donors (Lipinski definition) is 2. The predicted octanol–water partition coefficient (Wildman–Crippen LogP) is 1.04. The predicted molar refractivity (Wildman–Crippen MR) is 112 cm³/mol. The summed E-state index contributed by atoms with van der Waals surface area (Å²) in [4.78, 5) is 27.2. The summed E-state index contributed by atoms with van der Waals surface area (Å²) in [5.74, 6) is 5.77. The third-order valence-electron chi connectivity index (χ3n) is 6.11. The molecule has 29 heavy (non-hydrogen) atoms. The van der Waals surface area contributed by atoms with Crippen LogP contribution in [0, 0.1) is 17.7 Å². The Kier molecular flexibility index (Phi) is 5.57. The van der Waals surface area contributed by atoms with E-state index in [9.17, 15) is 9.59 Å². The van der Waals surface area contributed by atoms with Crippen molar-refractivity contribution in [3.8, 4) is 5.75 Å². The van der Waals surface area contributed by atoms with E-state index in [4.69, 9.17) is 16.3 Å². The fraction of sp³-hybridized carbons (Fsp3) is 0.579. The highest BCUT2D eigenvalue weighted by atomic mass is 35.5. The van der Waals surface area contributed by atoms with Gasteiger partial charge in [0.15, 0.2) is 11.6 Å². The smallest absolute Gasteiger partial charge is 0.354 e. The lowest BCUT2D eigenvalue weighted by Crippen LogP contribution is -2.44. The molecule has 160 valence electrons. The van der Waals surface area contributed by atoms with Gasteiger partial charge in [-0.05, 0) is 37.5 Å². The second-order valence-corrected chi connectivity index (χ2v) is 8.13. The zero-order valence-corrected chi connectivity index (χ0v) is 17.5. The zero-order valence-electron chi connectivity index (χ0n) is 16.7. The molecule has 1 aliphatic heterocycles. The van der Waals surface area contributed by atoms with E-state index in [1.165, 1.54) is 7.11 Å². The molecule has 1 saturated heterocycles. The maximum atomic E-state index is 15.2. The number of rotatable bonds is 4. The maximum absolute atomic E-state index is 15.2. The molecule has 8 nitrogen and oxygen atoms in total. The molecule has 2 fully saturated rings. The number of halogens is 2. The molecule has 2 aliphatic rings. The number of anilines is 1. The van der Waals surface area contributed by atoms with E-state index in [-0.39, 0.29) is 47.6 Å². The molecule has 3 unspecified atom stereocenters. The molecule has 0 radical (unpaired) electrons. The lowest BCUT2D eigenvalue weighted by molar-refractivity contribution is 0.389. The van der Waals surface area contributed by atoms with Gasteiger partial charge in [-0.1, -0.05) is 6.92 Å². The summed E-state index contributed by atoms with van der Waals surface area (Å²) in [6.45, 7) is 5.24. The van der Waals surface area contributed by atoms with Gasteiger partial charge in [0, 0.05) is 19.1 Å². The van der Waals surface area contributed by atoms with Crippen molar-refractivity contribution in [2.24, 2.45) is 17.6 Å². The summed E-state index contributed by atoms with van der Waals surface area (Å²) in [6.07, 6.45) is 2.76. The van der Waals surface area contributed by atoms with Gasteiger partial charge >= 0.3 is 5.69 Å². The molecule has 2 aromatic heterocycles. The molecule has 1 saturated carbocycles. The van der Waals surface area contributed by atoms with Crippen LogP contribution in [0.5, 0.6) is 5.75 Å². The van der Waals surface area contributed by atoms with Crippen LogP contribution in [0.25, 0.3) is 5.52 Å². The average molecular weight is 428 g/mol. The minimum absolute atomic E-state index is 0. The Balaban J connectivity index is 0.00000240. The van der Waals surface area contributed by atoms with Crippen LogP contribution in [-0.4, -0.2) is 35.3 Å². The summed E-state index contributed by atoms with van der Waals surface area (Å²) >= 11 is 0. The van der Waals surface area contributed by atoms with E-state index in [0.717, 1.165) is 23.4 Å². The second-order valence-electron chi connectivity index (χ2n) is 8.13. The van der Waals surface area contributed by atoms with Gasteiger partial charge in [-0.2, -0.15) is 4.68 Å². The van der Waals surface area contributed by atoms with Crippen LogP contribution < -0.4 is 32.5 Å². The highest BCUT2D eigenvalue weighted by Crippen LogP contribution is 2.45. The first-order chi connectivity index (χ1) is 13.3. The Hall–Kier alpha value is -2.26. The standard InChI is InChI=1S/C19H26FN5O3.ClH/c1-9-6-23(7-12(9)10(2)21)15-13(20)8-24-16(17(15)28-3)14(11-4-5-11)18(26)25(22)19(24)27;/h8-12H,4-7,21-22H2,1-3H3;1H.